The SMILES string of the molecule is O=S(=O)(Cc1cccc2cccnc12)N1CCO[C@H]2CCCC[C@H]21. The van der Waals surface area contributed by atoms with E-state index < -0.39 is 10.0 Å². The summed E-state index contributed by atoms with van der Waals surface area (Å²) >= 11 is 0. The van der Waals surface area contributed by atoms with E-state index in [4.69, 9.17) is 4.74 Å². The molecule has 0 bridgehead atoms. The lowest BCUT2D eigenvalue weighted by molar-refractivity contribution is -0.0586. The van der Waals surface area contributed by atoms with Gasteiger partial charge in [-0.05, 0) is 24.5 Å². The third kappa shape index (κ3) is 2.94. The van der Waals surface area contributed by atoms with Crippen molar-refractivity contribution in [2.45, 2.75) is 43.6 Å². The van der Waals surface area contributed by atoms with Gasteiger partial charge in [0.1, 0.15) is 0 Å². The fourth-order valence-corrected chi connectivity index (χ4v) is 5.77. The number of para-hydroxylation sites is 1. The summed E-state index contributed by atoms with van der Waals surface area (Å²) in [7, 11) is -3.38. The molecule has 0 N–H and O–H groups in total. The largest absolute Gasteiger partial charge is 0.375 e. The van der Waals surface area contributed by atoms with Crippen LogP contribution in [0.5, 0.6) is 0 Å². The van der Waals surface area contributed by atoms with Gasteiger partial charge >= 0.3 is 0 Å². The first-order valence-electron chi connectivity index (χ1n) is 8.59. The number of fused-ring (bicyclic) bond motifs is 2. The predicted molar refractivity (Wildman–Crippen MR) is 93.1 cm³/mol. The molecule has 24 heavy (non-hydrogen) atoms. The van der Waals surface area contributed by atoms with E-state index in [1.54, 1.807) is 10.5 Å². The van der Waals surface area contributed by atoms with Gasteiger partial charge in [-0.1, -0.05) is 37.1 Å². The van der Waals surface area contributed by atoms with Gasteiger partial charge in [-0.25, -0.2) is 8.42 Å². The van der Waals surface area contributed by atoms with E-state index in [0.717, 1.165) is 42.1 Å². The van der Waals surface area contributed by atoms with E-state index in [9.17, 15) is 8.42 Å². The summed E-state index contributed by atoms with van der Waals surface area (Å²) in [6.07, 6.45) is 5.84. The molecule has 128 valence electrons. The molecule has 4 rings (SSSR count). The minimum absolute atomic E-state index is 0.000403. The van der Waals surface area contributed by atoms with Crippen molar-refractivity contribution in [2.75, 3.05) is 13.2 Å². The van der Waals surface area contributed by atoms with Crippen LogP contribution in [0.1, 0.15) is 31.2 Å². The summed E-state index contributed by atoms with van der Waals surface area (Å²) < 4.78 is 33.7. The summed E-state index contributed by atoms with van der Waals surface area (Å²) in [6, 6.07) is 9.56. The Morgan fingerprint density at radius 2 is 2.00 bits per heavy atom. The summed E-state index contributed by atoms with van der Waals surface area (Å²) in [5.41, 5.74) is 1.55. The van der Waals surface area contributed by atoms with Gasteiger partial charge in [0.25, 0.3) is 0 Å². The van der Waals surface area contributed by atoms with Crippen LogP contribution in [-0.2, 0) is 20.5 Å². The van der Waals surface area contributed by atoms with Crippen LogP contribution in [0.2, 0.25) is 0 Å². The van der Waals surface area contributed by atoms with Crippen molar-refractivity contribution >= 4 is 20.9 Å². The lowest BCUT2D eigenvalue weighted by Gasteiger charge is -2.42. The number of nitrogens with zero attached hydrogens (tertiary/aromatic N) is 2. The lowest BCUT2D eigenvalue weighted by atomic mass is 9.91. The number of ether oxygens (including phenoxy) is 1. The van der Waals surface area contributed by atoms with Gasteiger partial charge in [0.2, 0.25) is 10.0 Å². The summed E-state index contributed by atoms with van der Waals surface area (Å²) in [6.45, 7) is 0.954. The van der Waals surface area contributed by atoms with Crippen molar-refractivity contribution < 1.29 is 13.2 Å². The molecule has 1 aromatic heterocycles. The number of hydrogen-bond acceptors (Lipinski definition) is 4. The Bertz CT molecular complexity index is 830. The van der Waals surface area contributed by atoms with Crippen molar-refractivity contribution in [1.29, 1.82) is 0 Å². The fourth-order valence-electron chi connectivity index (χ4n) is 3.97. The van der Waals surface area contributed by atoms with Crippen LogP contribution in [-0.4, -0.2) is 43.0 Å². The molecule has 6 heteroatoms. The maximum absolute atomic E-state index is 13.1. The molecule has 1 aliphatic heterocycles. The van der Waals surface area contributed by atoms with Crippen LogP contribution in [0.15, 0.2) is 36.5 Å². The molecule has 2 atom stereocenters. The highest BCUT2D eigenvalue weighted by Gasteiger charge is 2.40. The highest BCUT2D eigenvalue weighted by atomic mass is 32.2. The Morgan fingerprint density at radius 1 is 1.17 bits per heavy atom. The van der Waals surface area contributed by atoms with E-state index in [1.165, 1.54) is 0 Å². The van der Waals surface area contributed by atoms with E-state index >= 15 is 0 Å². The number of rotatable bonds is 3. The standard InChI is InChI=1S/C18H22N2O3S/c21-24(22,20-11-12-23-17-9-2-1-8-16(17)20)13-15-6-3-5-14-7-4-10-19-18(14)15/h3-7,10,16-17H,1-2,8-9,11-13H2/t16-,17+/m1/s1. The molecule has 0 amide bonds. The third-order valence-corrected chi connectivity index (χ3v) is 6.94. The Labute approximate surface area is 142 Å². The molecule has 1 saturated carbocycles. The van der Waals surface area contributed by atoms with E-state index in [1.807, 2.05) is 30.3 Å². The number of benzene rings is 1. The van der Waals surface area contributed by atoms with Gasteiger partial charge < -0.3 is 4.74 Å². The zero-order chi connectivity index (χ0) is 16.6. The number of hydrogen-bond donors (Lipinski definition) is 0. The van der Waals surface area contributed by atoms with Gasteiger partial charge in [0, 0.05) is 18.1 Å². The number of pyridine rings is 1. The second-order valence-electron chi connectivity index (χ2n) is 6.62. The molecule has 2 fully saturated rings. The van der Waals surface area contributed by atoms with Crippen LogP contribution >= 0.6 is 0 Å². The van der Waals surface area contributed by atoms with Gasteiger partial charge in [0.05, 0.1) is 30.0 Å². The number of sulfonamides is 1. The zero-order valence-corrected chi connectivity index (χ0v) is 14.4. The van der Waals surface area contributed by atoms with Crippen molar-refractivity contribution in [3.05, 3.63) is 42.1 Å². The minimum atomic E-state index is -3.38. The molecule has 2 heterocycles. The molecule has 0 radical (unpaired) electrons. The zero-order valence-electron chi connectivity index (χ0n) is 13.6. The van der Waals surface area contributed by atoms with Crippen LogP contribution < -0.4 is 0 Å². The van der Waals surface area contributed by atoms with Crippen molar-refractivity contribution in [2.24, 2.45) is 0 Å². The third-order valence-electron chi connectivity index (χ3n) is 5.09. The Balaban J connectivity index is 1.65. The first kappa shape index (κ1) is 16.0. The molecular formula is C18H22N2O3S. The van der Waals surface area contributed by atoms with Crippen molar-refractivity contribution in [3.8, 4) is 0 Å². The minimum Gasteiger partial charge on any atom is -0.375 e. The molecule has 1 saturated heterocycles. The Morgan fingerprint density at radius 3 is 2.92 bits per heavy atom. The van der Waals surface area contributed by atoms with E-state index in [2.05, 4.69) is 4.98 Å². The number of aromatic nitrogens is 1. The summed E-state index contributed by atoms with van der Waals surface area (Å²) in [5, 5.41) is 0.975. The maximum Gasteiger partial charge on any atom is 0.218 e. The fraction of sp³-hybridized carbons (Fsp3) is 0.500. The van der Waals surface area contributed by atoms with Crippen molar-refractivity contribution in [3.63, 3.8) is 0 Å². The molecule has 1 aliphatic carbocycles. The topological polar surface area (TPSA) is 59.5 Å². The van der Waals surface area contributed by atoms with Gasteiger partial charge in [-0.2, -0.15) is 4.31 Å². The second-order valence-corrected chi connectivity index (χ2v) is 8.54. The van der Waals surface area contributed by atoms with Crippen molar-refractivity contribution in [1.82, 2.24) is 9.29 Å². The van der Waals surface area contributed by atoms with Crippen LogP contribution in [0.3, 0.4) is 0 Å². The Hall–Kier alpha value is -1.50. The molecule has 0 unspecified atom stereocenters. The van der Waals surface area contributed by atoms with Gasteiger partial charge in [0.15, 0.2) is 0 Å². The highest BCUT2D eigenvalue weighted by molar-refractivity contribution is 7.88. The monoisotopic (exact) mass is 346 g/mol. The average Bonchev–Trinajstić information content (AvgIpc) is 2.61. The maximum atomic E-state index is 13.1. The molecule has 2 aliphatic rings. The quantitative estimate of drug-likeness (QED) is 0.857. The first-order chi connectivity index (χ1) is 11.6. The molecule has 2 aromatic rings. The van der Waals surface area contributed by atoms with Gasteiger partial charge in [-0.15, -0.1) is 0 Å². The molecule has 1 aromatic carbocycles. The molecule has 5 nitrogen and oxygen atoms in total. The molecule has 0 spiro atoms. The summed E-state index contributed by atoms with van der Waals surface area (Å²) in [5.74, 6) is 0.00454. The predicted octanol–water partition coefficient (Wildman–Crippen LogP) is 2.71. The average molecular weight is 346 g/mol. The van der Waals surface area contributed by atoms with Crippen LogP contribution in [0, 0.1) is 0 Å². The lowest BCUT2D eigenvalue weighted by Crippen LogP contribution is -2.54. The Kier molecular flexibility index (Phi) is 4.28. The first-order valence-corrected chi connectivity index (χ1v) is 10.2. The van der Waals surface area contributed by atoms with E-state index in [0.29, 0.717) is 13.2 Å². The molecular weight excluding hydrogens is 324 g/mol. The van der Waals surface area contributed by atoms with Gasteiger partial charge in [-0.3, -0.25) is 4.98 Å². The highest BCUT2D eigenvalue weighted by Crippen LogP contribution is 2.31. The van der Waals surface area contributed by atoms with Crippen LogP contribution in [0.4, 0.5) is 0 Å². The normalized spacial score (nSPS) is 25.5. The van der Waals surface area contributed by atoms with E-state index in [-0.39, 0.29) is 17.9 Å². The smallest absolute Gasteiger partial charge is 0.218 e. The number of morpholine rings is 1. The summed E-state index contributed by atoms with van der Waals surface area (Å²) in [4.78, 5) is 4.38. The second kappa shape index (κ2) is 6.43. The van der Waals surface area contributed by atoms with Crippen LogP contribution in [0.25, 0.3) is 10.9 Å².